The molecule has 0 aromatic carbocycles. The Morgan fingerprint density at radius 2 is 2.42 bits per heavy atom. The van der Waals surface area contributed by atoms with E-state index in [9.17, 15) is 4.79 Å². The molecular weight excluding hydrogens is 240 g/mol. The summed E-state index contributed by atoms with van der Waals surface area (Å²) in [6.07, 6.45) is 12.2. The molecule has 1 heterocycles. The lowest BCUT2D eigenvalue weighted by atomic mass is 10.1. The smallest absolute Gasteiger partial charge is 0.272 e. The first-order valence-electron chi connectivity index (χ1n) is 5.97. The van der Waals surface area contributed by atoms with E-state index in [2.05, 4.69) is 17.1 Å². The van der Waals surface area contributed by atoms with Gasteiger partial charge >= 0.3 is 0 Å². The zero-order chi connectivity index (χ0) is 14.1. The lowest BCUT2D eigenvalue weighted by Crippen LogP contribution is -2.17. The molecule has 2 N–H and O–H groups in total. The first-order chi connectivity index (χ1) is 9.22. The number of allylic oxidation sites excluding steroid dienone is 6. The van der Waals surface area contributed by atoms with E-state index in [-0.39, 0.29) is 5.69 Å². The number of amides is 1. The van der Waals surface area contributed by atoms with Gasteiger partial charge in [0.1, 0.15) is 5.69 Å². The monoisotopic (exact) mass is 256 g/mol. The molecule has 0 aliphatic heterocycles. The molecule has 0 spiro atoms. The fourth-order valence-electron chi connectivity index (χ4n) is 1.42. The Bertz CT molecular complexity index is 558. The fourth-order valence-corrected chi connectivity index (χ4v) is 1.42. The number of nitrogens with one attached hydrogen (secondary N) is 2. The van der Waals surface area contributed by atoms with E-state index in [1.165, 1.54) is 0 Å². The largest absolute Gasteiger partial charge is 0.282 e. The Labute approximate surface area is 112 Å². The maximum atomic E-state index is 11.4. The highest BCUT2D eigenvalue weighted by Crippen LogP contribution is 2.15. The number of H-pyrrole nitrogens is 1. The van der Waals surface area contributed by atoms with Crippen molar-refractivity contribution in [2.24, 2.45) is 0 Å². The van der Waals surface area contributed by atoms with Crippen molar-refractivity contribution in [3.8, 4) is 6.19 Å². The quantitative estimate of drug-likeness (QED) is 0.482. The number of rotatable bonds is 5. The molecule has 1 amide bonds. The van der Waals surface area contributed by atoms with Crippen LogP contribution < -0.4 is 5.32 Å². The number of nitrogens with zero attached hydrogens (tertiary/aromatic N) is 2. The van der Waals surface area contributed by atoms with Crippen molar-refractivity contribution in [3.05, 3.63) is 47.8 Å². The summed E-state index contributed by atoms with van der Waals surface area (Å²) in [6, 6.07) is 1.61. The van der Waals surface area contributed by atoms with Gasteiger partial charge in [-0.2, -0.15) is 10.4 Å². The molecule has 5 nitrogen and oxygen atoms in total. The summed E-state index contributed by atoms with van der Waals surface area (Å²) in [5.41, 5.74) is 1.80. The second-order valence-electron chi connectivity index (χ2n) is 3.69. The summed E-state index contributed by atoms with van der Waals surface area (Å²) < 4.78 is 0. The lowest BCUT2D eigenvalue weighted by Gasteiger charge is -1.94. The van der Waals surface area contributed by atoms with Gasteiger partial charge in [-0.3, -0.25) is 15.2 Å². The number of carbonyl (C=O) groups excluding carboxylic acids is 1. The average Bonchev–Trinajstić information content (AvgIpc) is 2.88. The predicted molar refractivity (Wildman–Crippen MR) is 73.9 cm³/mol. The van der Waals surface area contributed by atoms with Gasteiger partial charge in [0.2, 0.25) is 0 Å². The molecule has 1 rings (SSSR count). The Hall–Kier alpha value is -2.61. The number of aromatic amines is 1. The topological polar surface area (TPSA) is 81.6 Å². The molecular formula is C14H16N4O. The van der Waals surface area contributed by atoms with E-state index in [0.29, 0.717) is 5.69 Å². The van der Waals surface area contributed by atoms with Crippen molar-refractivity contribution in [3.63, 3.8) is 0 Å². The molecule has 98 valence electrons. The summed E-state index contributed by atoms with van der Waals surface area (Å²) in [5.74, 6) is -0.495. The van der Waals surface area contributed by atoms with Crippen LogP contribution in [0.1, 0.15) is 36.5 Å². The Morgan fingerprint density at radius 3 is 3.05 bits per heavy atom. The van der Waals surface area contributed by atoms with Crippen molar-refractivity contribution < 1.29 is 4.79 Å². The molecule has 0 saturated carbocycles. The van der Waals surface area contributed by atoms with Crippen LogP contribution in [-0.4, -0.2) is 16.1 Å². The van der Waals surface area contributed by atoms with Crippen LogP contribution in [0.15, 0.2) is 36.4 Å². The third-order valence-corrected chi connectivity index (χ3v) is 2.28. The highest BCUT2D eigenvalue weighted by atomic mass is 16.1. The van der Waals surface area contributed by atoms with Crippen LogP contribution in [-0.2, 0) is 0 Å². The van der Waals surface area contributed by atoms with Gasteiger partial charge in [0.25, 0.3) is 5.91 Å². The van der Waals surface area contributed by atoms with E-state index in [1.54, 1.807) is 12.3 Å². The van der Waals surface area contributed by atoms with Gasteiger partial charge in [-0.15, -0.1) is 0 Å². The minimum absolute atomic E-state index is 0.256. The minimum atomic E-state index is -0.495. The molecule has 0 fully saturated rings. The van der Waals surface area contributed by atoms with Crippen molar-refractivity contribution in [2.45, 2.75) is 20.3 Å². The predicted octanol–water partition coefficient (Wildman–Crippen LogP) is 2.55. The Morgan fingerprint density at radius 1 is 1.63 bits per heavy atom. The highest BCUT2D eigenvalue weighted by molar-refractivity contribution is 5.94. The maximum Gasteiger partial charge on any atom is 0.282 e. The Balaban J connectivity index is 2.99. The molecule has 0 aliphatic rings. The SMILES string of the molecule is C\C=C/C(=C\C=C\CC)c1cc(C(=O)NC#N)[nH]n1. The van der Waals surface area contributed by atoms with Crippen molar-refractivity contribution in [2.75, 3.05) is 0 Å². The van der Waals surface area contributed by atoms with Crippen molar-refractivity contribution in [1.29, 1.82) is 5.26 Å². The van der Waals surface area contributed by atoms with Crippen LogP contribution in [0.25, 0.3) is 5.57 Å². The number of hydrogen-bond donors (Lipinski definition) is 2. The maximum absolute atomic E-state index is 11.4. The van der Waals surface area contributed by atoms with E-state index in [0.717, 1.165) is 12.0 Å². The molecule has 0 atom stereocenters. The number of hydrogen-bond acceptors (Lipinski definition) is 3. The van der Waals surface area contributed by atoms with Crippen LogP contribution in [0.4, 0.5) is 0 Å². The third kappa shape index (κ3) is 4.28. The summed E-state index contributed by atoms with van der Waals surface area (Å²) in [4.78, 5) is 11.4. The van der Waals surface area contributed by atoms with Gasteiger partial charge in [-0.25, -0.2) is 0 Å². The standard InChI is InChI=1S/C14H16N4O/c1-3-5-6-8-11(7-4-2)12-9-13(18-17-12)14(19)16-10-15/h4-9H,3H2,1-2H3,(H,16,19)(H,17,18)/b6-5+,7-4-,11-8+. The molecule has 0 saturated heterocycles. The molecule has 0 unspecified atom stereocenters. The first kappa shape index (κ1) is 14.5. The number of nitriles is 1. The second-order valence-corrected chi connectivity index (χ2v) is 3.69. The van der Waals surface area contributed by atoms with Gasteiger partial charge in [0.15, 0.2) is 6.19 Å². The number of carbonyl (C=O) groups is 1. The fraction of sp³-hybridized carbons (Fsp3) is 0.214. The van der Waals surface area contributed by atoms with E-state index in [4.69, 9.17) is 5.26 Å². The molecule has 0 radical (unpaired) electrons. The molecule has 1 aromatic heterocycles. The molecule has 1 aromatic rings. The van der Waals surface area contributed by atoms with Gasteiger partial charge in [0.05, 0.1) is 5.69 Å². The van der Waals surface area contributed by atoms with Gasteiger partial charge in [-0.05, 0) is 19.4 Å². The van der Waals surface area contributed by atoms with E-state index in [1.807, 2.05) is 42.6 Å². The summed E-state index contributed by atoms with van der Waals surface area (Å²) in [5, 5.41) is 17.1. The van der Waals surface area contributed by atoms with Gasteiger partial charge in [0, 0.05) is 5.57 Å². The summed E-state index contributed by atoms with van der Waals surface area (Å²) in [7, 11) is 0. The van der Waals surface area contributed by atoms with Crippen LogP contribution >= 0.6 is 0 Å². The van der Waals surface area contributed by atoms with Gasteiger partial charge < -0.3 is 0 Å². The van der Waals surface area contributed by atoms with Crippen molar-refractivity contribution in [1.82, 2.24) is 15.5 Å². The third-order valence-electron chi connectivity index (χ3n) is 2.28. The molecule has 0 bridgehead atoms. The lowest BCUT2D eigenvalue weighted by molar-refractivity contribution is 0.0968. The van der Waals surface area contributed by atoms with Crippen LogP contribution in [0.3, 0.4) is 0 Å². The normalized spacial score (nSPS) is 11.9. The number of aromatic nitrogens is 2. The Kier molecular flexibility index (Phi) is 5.83. The van der Waals surface area contributed by atoms with Gasteiger partial charge in [-0.1, -0.05) is 37.3 Å². The average molecular weight is 256 g/mol. The summed E-state index contributed by atoms with van der Waals surface area (Å²) >= 11 is 0. The van der Waals surface area contributed by atoms with E-state index < -0.39 is 5.91 Å². The highest BCUT2D eigenvalue weighted by Gasteiger charge is 2.10. The summed E-state index contributed by atoms with van der Waals surface area (Å²) in [6.45, 7) is 3.96. The zero-order valence-electron chi connectivity index (χ0n) is 11.0. The first-order valence-corrected chi connectivity index (χ1v) is 5.97. The zero-order valence-corrected chi connectivity index (χ0v) is 11.0. The molecule has 0 aliphatic carbocycles. The minimum Gasteiger partial charge on any atom is -0.272 e. The van der Waals surface area contributed by atoms with Crippen LogP contribution in [0.5, 0.6) is 0 Å². The van der Waals surface area contributed by atoms with Crippen LogP contribution in [0, 0.1) is 11.5 Å². The molecule has 5 heteroatoms. The second kappa shape index (κ2) is 7.67. The molecule has 19 heavy (non-hydrogen) atoms. The van der Waals surface area contributed by atoms with Crippen molar-refractivity contribution >= 4 is 11.5 Å². The van der Waals surface area contributed by atoms with E-state index >= 15 is 0 Å². The van der Waals surface area contributed by atoms with Crippen LogP contribution in [0.2, 0.25) is 0 Å².